The van der Waals surface area contributed by atoms with Gasteiger partial charge >= 0.3 is 7.12 Å². The third kappa shape index (κ3) is 4.51. The maximum Gasteiger partial charge on any atom is 0.617 e. The van der Waals surface area contributed by atoms with Crippen molar-refractivity contribution in [3.05, 3.63) is 111 Å². The van der Waals surface area contributed by atoms with Gasteiger partial charge in [-0.15, -0.1) is 0 Å². The zero-order valence-electron chi connectivity index (χ0n) is 19.9. The van der Waals surface area contributed by atoms with Crippen molar-refractivity contribution in [2.24, 2.45) is 0 Å². The Hall–Kier alpha value is -4.45. The lowest BCUT2D eigenvalue weighted by atomic mass is 9.49. The lowest BCUT2D eigenvalue weighted by molar-refractivity contribution is 0.184. The predicted molar refractivity (Wildman–Crippen MR) is 113 cm³/mol. The largest absolute Gasteiger partial charge is 0.617 e. The molecule has 0 saturated heterocycles. The molecule has 43 heavy (non-hydrogen) atoms. The molecule has 0 aromatic heterocycles. The van der Waals surface area contributed by atoms with Crippen LogP contribution in [0.3, 0.4) is 0 Å². The number of hydrogen-bond donors (Lipinski definition) is 1. The Labute approximate surface area is 228 Å². The number of benzene rings is 3. The molecule has 0 radical (unpaired) electrons. The van der Waals surface area contributed by atoms with Gasteiger partial charge in [-0.25, -0.2) is 48.3 Å². The summed E-state index contributed by atoms with van der Waals surface area (Å²) in [7, 11) is -4.04. The monoisotopic (exact) mass is 638 g/mol. The average Bonchev–Trinajstić information content (AvgIpc) is 2.99. The normalized spacial score (nSPS) is 18.8. The molecule has 4 rings (SSSR count). The van der Waals surface area contributed by atoms with Crippen molar-refractivity contribution in [3.8, 4) is 17.2 Å². The molecule has 0 amide bonds. The van der Waals surface area contributed by atoms with Gasteiger partial charge in [-0.05, 0) is 6.07 Å². The Balaban J connectivity index is 2.16. The second kappa shape index (κ2) is 11.0. The quantitative estimate of drug-likeness (QED) is 0.129. The van der Waals surface area contributed by atoms with Crippen LogP contribution < -0.4 is 9.31 Å². The molecule has 1 N–H and O–H groups in total. The van der Waals surface area contributed by atoms with Crippen LogP contribution in [0.5, 0.6) is 17.2 Å². The molecule has 2 atom stereocenters. The summed E-state index contributed by atoms with van der Waals surface area (Å²) in [6.45, 7) is 0. The highest BCUT2D eigenvalue weighted by molar-refractivity contribution is 6.52. The van der Waals surface area contributed by atoms with E-state index in [1.54, 1.807) is 0 Å². The fourth-order valence-electron chi connectivity index (χ4n) is 4.03. The van der Waals surface area contributed by atoms with E-state index in [0.29, 0.717) is 18.2 Å². The van der Waals surface area contributed by atoms with Crippen molar-refractivity contribution in [1.29, 1.82) is 0 Å². The number of hydrogen-bond acceptors (Lipinski definition) is 3. The SMILES string of the molecule is Oc1ccccc1C1(B(Oc2c(F)c(F)c(F)c(F)c2F)Oc2c(F)c(F)c(F)c(F)c2F)C(F)=C(F)C(F)=C(F)C1F. The molecule has 3 nitrogen and oxygen atoms in total. The Bertz CT molecular complexity index is 1600. The van der Waals surface area contributed by atoms with Crippen molar-refractivity contribution >= 4 is 7.12 Å². The van der Waals surface area contributed by atoms with Crippen LogP contribution in [0.25, 0.3) is 0 Å². The number of aromatic hydroxyl groups is 1. The van der Waals surface area contributed by atoms with Crippen LogP contribution >= 0.6 is 0 Å². The molecule has 3 aromatic rings. The number of halogens is 15. The minimum Gasteiger partial charge on any atom is -0.521 e. The summed E-state index contributed by atoms with van der Waals surface area (Å²) in [5.74, 6) is -47.9. The van der Waals surface area contributed by atoms with Gasteiger partial charge in [0.25, 0.3) is 0 Å². The second-order valence-electron chi connectivity index (χ2n) is 8.40. The minimum absolute atomic E-state index is 0.322. The fraction of sp³-hybridized carbons (Fsp3) is 0.0833. The molecule has 0 fully saturated rings. The van der Waals surface area contributed by atoms with Crippen molar-refractivity contribution in [2.45, 2.75) is 11.5 Å². The predicted octanol–water partition coefficient (Wildman–Crippen LogP) is 7.86. The first-order valence-electron chi connectivity index (χ1n) is 10.9. The summed E-state index contributed by atoms with van der Waals surface area (Å²) in [4.78, 5) is 0. The highest BCUT2D eigenvalue weighted by Crippen LogP contribution is 2.53. The van der Waals surface area contributed by atoms with E-state index in [9.17, 15) is 62.2 Å². The van der Waals surface area contributed by atoms with E-state index in [-0.39, 0.29) is 0 Å². The Morgan fingerprint density at radius 3 is 1.33 bits per heavy atom. The number of para-hydroxylation sites is 1. The molecule has 3 aromatic carbocycles. The van der Waals surface area contributed by atoms with E-state index in [1.807, 2.05) is 0 Å². The molecule has 0 spiro atoms. The molecule has 0 saturated carbocycles. The van der Waals surface area contributed by atoms with Gasteiger partial charge in [-0.3, -0.25) is 0 Å². The molecule has 2 unspecified atom stereocenters. The summed E-state index contributed by atoms with van der Waals surface area (Å²) >= 11 is 0. The second-order valence-corrected chi connectivity index (χ2v) is 8.40. The van der Waals surface area contributed by atoms with Crippen LogP contribution in [0.4, 0.5) is 65.9 Å². The minimum atomic E-state index is -4.48. The van der Waals surface area contributed by atoms with E-state index < -0.39 is 123 Å². The first-order valence-corrected chi connectivity index (χ1v) is 10.9. The summed E-state index contributed by atoms with van der Waals surface area (Å²) in [5, 5.41) is 5.82. The number of allylic oxidation sites excluding steroid dienone is 4. The smallest absolute Gasteiger partial charge is 0.521 e. The van der Waals surface area contributed by atoms with Gasteiger partial charge in [0.15, 0.2) is 46.3 Å². The lowest BCUT2D eigenvalue weighted by Crippen LogP contribution is -2.59. The first-order chi connectivity index (χ1) is 20.0. The summed E-state index contributed by atoms with van der Waals surface area (Å²) in [6, 6.07) is 2.37. The van der Waals surface area contributed by atoms with Crippen molar-refractivity contribution in [2.75, 3.05) is 0 Å². The van der Waals surface area contributed by atoms with Crippen molar-refractivity contribution in [3.63, 3.8) is 0 Å². The van der Waals surface area contributed by atoms with Crippen LogP contribution in [0.15, 0.2) is 47.6 Å². The van der Waals surface area contributed by atoms with E-state index in [1.165, 1.54) is 0 Å². The van der Waals surface area contributed by atoms with Crippen LogP contribution in [-0.4, -0.2) is 18.4 Å². The average molecular weight is 638 g/mol. The maximum atomic E-state index is 15.8. The van der Waals surface area contributed by atoms with Crippen LogP contribution in [0.2, 0.25) is 0 Å². The van der Waals surface area contributed by atoms with Crippen molar-refractivity contribution in [1.82, 2.24) is 0 Å². The van der Waals surface area contributed by atoms with Gasteiger partial charge in [-0.2, -0.15) is 17.6 Å². The van der Waals surface area contributed by atoms with E-state index >= 15 is 8.78 Å². The zero-order chi connectivity index (χ0) is 32.3. The summed E-state index contributed by atoms with van der Waals surface area (Å²) in [6.07, 6.45) is -4.19. The molecule has 0 heterocycles. The number of phenols is 1. The number of rotatable bonds is 6. The Morgan fingerprint density at radius 2 is 0.930 bits per heavy atom. The van der Waals surface area contributed by atoms with Gasteiger partial charge in [0.05, 0.1) is 0 Å². The molecule has 19 heteroatoms. The molecule has 0 bridgehead atoms. The van der Waals surface area contributed by atoms with Gasteiger partial charge in [0.1, 0.15) is 5.75 Å². The van der Waals surface area contributed by atoms with E-state index in [0.717, 1.165) is 6.07 Å². The Morgan fingerprint density at radius 1 is 0.558 bits per heavy atom. The third-order valence-corrected chi connectivity index (χ3v) is 6.09. The topological polar surface area (TPSA) is 38.7 Å². The number of phenolic OH excluding ortho intramolecular Hbond substituents is 1. The van der Waals surface area contributed by atoms with Crippen LogP contribution in [-0.2, 0) is 5.31 Å². The molecular formula is C24H6BF15O3. The van der Waals surface area contributed by atoms with E-state index in [2.05, 4.69) is 9.31 Å². The van der Waals surface area contributed by atoms with Crippen LogP contribution in [0.1, 0.15) is 5.56 Å². The molecule has 228 valence electrons. The number of alkyl halides is 1. The van der Waals surface area contributed by atoms with Crippen molar-refractivity contribution < 1.29 is 80.3 Å². The third-order valence-electron chi connectivity index (χ3n) is 6.09. The maximum absolute atomic E-state index is 15.8. The first kappa shape index (κ1) is 31.5. The summed E-state index contributed by atoms with van der Waals surface area (Å²) < 4.78 is 224. The molecule has 0 aliphatic heterocycles. The zero-order valence-corrected chi connectivity index (χ0v) is 19.9. The van der Waals surface area contributed by atoms with Gasteiger partial charge in [0, 0.05) is 5.56 Å². The molecule has 1 aliphatic rings. The van der Waals surface area contributed by atoms with Crippen LogP contribution in [0, 0.1) is 58.2 Å². The highest BCUT2D eigenvalue weighted by atomic mass is 19.2. The molecule has 1 aliphatic carbocycles. The standard InChI is InChI=1S/C24H6BF15O3/c26-7-9(28)14(33)20(15(34)10(7)29)42-25(43-21-16(35)11(30)8(27)12(31)17(21)36)24(5-3-1-2-4-6(5)41)22(39)18(37)13(32)19(38)23(24)40/h1-4,22,41H. The van der Waals surface area contributed by atoms with E-state index in [4.69, 9.17) is 0 Å². The van der Waals surface area contributed by atoms with Gasteiger partial charge in [0.2, 0.25) is 58.2 Å². The lowest BCUT2D eigenvalue weighted by Gasteiger charge is -2.39. The van der Waals surface area contributed by atoms with Gasteiger partial charge in [-0.1, -0.05) is 18.2 Å². The highest BCUT2D eigenvalue weighted by Gasteiger charge is 2.67. The Kier molecular flexibility index (Phi) is 8.05. The molecular weight excluding hydrogens is 632 g/mol. The fourth-order valence-corrected chi connectivity index (χ4v) is 4.03. The van der Waals surface area contributed by atoms with Gasteiger partial charge < -0.3 is 14.4 Å². The summed E-state index contributed by atoms with van der Waals surface area (Å²) in [5.41, 5.74) is -1.59.